The minimum absolute atomic E-state index is 1.32. The molecule has 0 radical (unpaired) electrons. The maximum Gasteiger partial charge on any atom is 0.00727 e. The van der Waals surface area contributed by atoms with Crippen LogP contribution in [-0.2, 0) is 0 Å². The van der Waals surface area contributed by atoms with Crippen LogP contribution in [0.15, 0.2) is 0 Å². The lowest BCUT2D eigenvalue weighted by molar-refractivity contribution is 0.304. The van der Waals surface area contributed by atoms with Gasteiger partial charge in [-0.15, -0.1) is 0 Å². The molecule has 1 nitrogen and oxygen atoms in total. The van der Waals surface area contributed by atoms with Gasteiger partial charge >= 0.3 is 0 Å². The summed E-state index contributed by atoms with van der Waals surface area (Å²) in [4.78, 5) is 2.59. The molecule has 1 aliphatic heterocycles. The molecule has 0 aliphatic carbocycles. The van der Waals surface area contributed by atoms with Crippen LogP contribution in [0.4, 0.5) is 0 Å². The standard InChI is InChI=1S/C8H17NS2/c1-10-6-2-3-9-4-7-11-8-5-9/h2-8H2,1H3. The third-order valence-electron chi connectivity index (χ3n) is 1.93. The number of hydrogen-bond donors (Lipinski definition) is 0. The predicted octanol–water partition coefficient (Wildman–Crippen LogP) is 1.79. The van der Waals surface area contributed by atoms with Gasteiger partial charge in [-0.25, -0.2) is 0 Å². The molecular formula is C8H17NS2. The molecule has 0 saturated carbocycles. The lowest BCUT2D eigenvalue weighted by Gasteiger charge is -2.25. The molecule has 0 N–H and O–H groups in total. The molecule has 0 aromatic heterocycles. The molecule has 0 spiro atoms. The summed E-state index contributed by atoms with van der Waals surface area (Å²) in [6.07, 6.45) is 3.55. The Kier molecular flexibility index (Phi) is 5.50. The Balaban J connectivity index is 1.96. The monoisotopic (exact) mass is 191 g/mol. The third kappa shape index (κ3) is 4.28. The molecule has 66 valence electrons. The third-order valence-corrected chi connectivity index (χ3v) is 3.57. The Morgan fingerprint density at radius 3 is 2.73 bits per heavy atom. The van der Waals surface area contributed by atoms with Crippen molar-refractivity contribution < 1.29 is 0 Å². The van der Waals surface area contributed by atoms with Crippen molar-refractivity contribution in [1.29, 1.82) is 0 Å². The van der Waals surface area contributed by atoms with Crippen LogP contribution in [0.25, 0.3) is 0 Å². The van der Waals surface area contributed by atoms with Crippen molar-refractivity contribution in [3.8, 4) is 0 Å². The number of thioether (sulfide) groups is 2. The molecule has 0 amide bonds. The first kappa shape index (κ1) is 9.75. The van der Waals surface area contributed by atoms with E-state index >= 15 is 0 Å². The van der Waals surface area contributed by atoms with E-state index in [1.54, 1.807) is 0 Å². The van der Waals surface area contributed by atoms with Crippen LogP contribution in [0, 0.1) is 0 Å². The van der Waals surface area contributed by atoms with Crippen LogP contribution < -0.4 is 0 Å². The summed E-state index contributed by atoms with van der Waals surface area (Å²) in [5, 5.41) is 0. The normalized spacial score (nSPS) is 20.5. The largest absolute Gasteiger partial charge is 0.302 e. The van der Waals surface area contributed by atoms with Crippen molar-refractivity contribution in [3.63, 3.8) is 0 Å². The first-order chi connectivity index (χ1) is 5.43. The topological polar surface area (TPSA) is 3.24 Å². The van der Waals surface area contributed by atoms with Crippen molar-refractivity contribution in [3.05, 3.63) is 0 Å². The quantitative estimate of drug-likeness (QED) is 0.624. The van der Waals surface area contributed by atoms with Crippen molar-refractivity contribution in [2.45, 2.75) is 6.42 Å². The highest BCUT2D eigenvalue weighted by atomic mass is 32.2. The molecule has 11 heavy (non-hydrogen) atoms. The zero-order chi connectivity index (χ0) is 7.94. The summed E-state index contributed by atoms with van der Waals surface area (Å²) in [5.74, 6) is 4.02. The van der Waals surface area contributed by atoms with Crippen LogP contribution in [0.1, 0.15) is 6.42 Å². The minimum atomic E-state index is 1.32. The van der Waals surface area contributed by atoms with Gasteiger partial charge in [-0.2, -0.15) is 23.5 Å². The van der Waals surface area contributed by atoms with Crippen LogP contribution >= 0.6 is 23.5 Å². The van der Waals surface area contributed by atoms with Crippen molar-refractivity contribution in [1.82, 2.24) is 4.90 Å². The zero-order valence-corrected chi connectivity index (χ0v) is 8.85. The molecule has 3 heteroatoms. The highest BCUT2D eigenvalue weighted by molar-refractivity contribution is 7.99. The van der Waals surface area contributed by atoms with Gasteiger partial charge in [-0.1, -0.05) is 0 Å². The van der Waals surface area contributed by atoms with Crippen LogP contribution in [-0.4, -0.2) is 48.0 Å². The molecular weight excluding hydrogens is 174 g/mol. The van der Waals surface area contributed by atoms with E-state index in [1.807, 2.05) is 11.8 Å². The lowest BCUT2D eigenvalue weighted by Crippen LogP contribution is -2.33. The van der Waals surface area contributed by atoms with Crippen molar-refractivity contribution >= 4 is 23.5 Å². The summed E-state index contributed by atoms with van der Waals surface area (Å²) in [5.41, 5.74) is 0. The Morgan fingerprint density at radius 2 is 2.09 bits per heavy atom. The fourth-order valence-electron chi connectivity index (χ4n) is 1.26. The molecule has 0 aromatic carbocycles. The molecule has 0 aromatic rings. The van der Waals surface area contributed by atoms with Gasteiger partial charge in [0.25, 0.3) is 0 Å². The second-order valence-corrected chi connectivity index (χ2v) is 5.01. The van der Waals surface area contributed by atoms with Gasteiger partial charge in [-0.3, -0.25) is 0 Å². The molecule has 1 heterocycles. The fourth-order valence-corrected chi connectivity index (χ4v) is 2.65. The van der Waals surface area contributed by atoms with Crippen LogP contribution in [0.2, 0.25) is 0 Å². The molecule has 0 bridgehead atoms. The van der Waals surface area contributed by atoms with Crippen molar-refractivity contribution in [2.24, 2.45) is 0 Å². The molecule has 0 unspecified atom stereocenters. The van der Waals surface area contributed by atoms with E-state index < -0.39 is 0 Å². The first-order valence-electron chi connectivity index (χ1n) is 4.22. The van der Waals surface area contributed by atoms with E-state index in [9.17, 15) is 0 Å². The van der Waals surface area contributed by atoms with Crippen molar-refractivity contribution in [2.75, 3.05) is 43.1 Å². The number of rotatable bonds is 4. The second-order valence-electron chi connectivity index (χ2n) is 2.80. The Morgan fingerprint density at radius 1 is 1.36 bits per heavy atom. The Labute approximate surface area is 78.3 Å². The Hall–Kier alpha value is 0.660. The zero-order valence-electron chi connectivity index (χ0n) is 7.21. The summed E-state index contributed by atoms with van der Waals surface area (Å²) < 4.78 is 0. The minimum Gasteiger partial charge on any atom is -0.302 e. The van der Waals surface area contributed by atoms with E-state index in [4.69, 9.17) is 0 Å². The van der Waals surface area contributed by atoms with Crippen LogP contribution in [0.3, 0.4) is 0 Å². The van der Waals surface area contributed by atoms with Gasteiger partial charge in [0.2, 0.25) is 0 Å². The molecule has 1 rings (SSSR count). The highest BCUT2D eigenvalue weighted by Crippen LogP contribution is 2.09. The van der Waals surface area contributed by atoms with Gasteiger partial charge < -0.3 is 4.90 Å². The van der Waals surface area contributed by atoms with Gasteiger partial charge in [0, 0.05) is 24.6 Å². The molecule has 1 aliphatic rings. The smallest absolute Gasteiger partial charge is 0.00727 e. The van der Waals surface area contributed by atoms with E-state index in [0.717, 1.165) is 0 Å². The lowest BCUT2D eigenvalue weighted by atomic mass is 10.4. The summed E-state index contributed by atoms with van der Waals surface area (Å²) in [6.45, 7) is 3.96. The summed E-state index contributed by atoms with van der Waals surface area (Å²) in [6, 6.07) is 0. The summed E-state index contributed by atoms with van der Waals surface area (Å²) in [7, 11) is 0. The predicted molar refractivity (Wildman–Crippen MR) is 56.8 cm³/mol. The first-order valence-corrected chi connectivity index (χ1v) is 6.77. The van der Waals surface area contributed by atoms with Gasteiger partial charge in [0.15, 0.2) is 0 Å². The fraction of sp³-hybridized carbons (Fsp3) is 1.00. The summed E-state index contributed by atoms with van der Waals surface area (Å²) >= 11 is 4.05. The number of hydrogen-bond acceptors (Lipinski definition) is 3. The molecule has 0 atom stereocenters. The average molecular weight is 191 g/mol. The van der Waals surface area contributed by atoms with Gasteiger partial charge in [0.05, 0.1) is 0 Å². The molecule has 1 fully saturated rings. The van der Waals surface area contributed by atoms with Crippen LogP contribution in [0.5, 0.6) is 0 Å². The van der Waals surface area contributed by atoms with E-state index in [1.165, 1.54) is 43.3 Å². The van der Waals surface area contributed by atoms with E-state index in [0.29, 0.717) is 0 Å². The average Bonchev–Trinajstić information content (AvgIpc) is 2.07. The Bertz CT molecular complexity index is 92.1. The molecule has 1 saturated heterocycles. The SMILES string of the molecule is CSCCCN1CCSCC1. The maximum atomic E-state index is 2.59. The van der Waals surface area contributed by atoms with E-state index in [-0.39, 0.29) is 0 Å². The second kappa shape index (κ2) is 6.21. The highest BCUT2D eigenvalue weighted by Gasteiger charge is 2.08. The van der Waals surface area contributed by atoms with Gasteiger partial charge in [0.1, 0.15) is 0 Å². The number of nitrogens with zero attached hydrogens (tertiary/aromatic N) is 1. The maximum absolute atomic E-state index is 2.59. The van der Waals surface area contributed by atoms with Gasteiger partial charge in [-0.05, 0) is 25.0 Å². The van der Waals surface area contributed by atoms with E-state index in [2.05, 4.69) is 22.9 Å².